The molecule has 1 saturated carbocycles. The monoisotopic (exact) mass is 446 g/mol. The van der Waals surface area contributed by atoms with E-state index in [1.54, 1.807) is 24.3 Å². The van der Waals surface area contributed by atoms with E-state index in [0.29, 0.717) is 23.7 Å². The first kappa shape index (κ1) is 23.1. The molecule has 7 nitrogen and oxygen atoms in total. The number of ether oxygens (including phenoxy) is 1. The van der Waals surface area contributed by atoms with E-state index >= 15 is 0 Å². The van der Waals surface area contributed by atoms with E-state index in [-0.39, 0.29) is 18.7 Å². The van der Waals surface area contributed by atoms with E-state index in [0.717, 1.165) is 5.56 Å². The summed E-state index contributed by atoms with van der Waals surface area (Å²) in [5.41, 5.74) is 1.08. The van der Waals surface area contributed by atoms with Crippen molar-refractivity contribution in [2.75, 3.05) is 7.05 Å². The summed E-state index contributed by atoms with van der Waals surface area (Å²) in [4.78, 5) is 25.1. The standard InChI is InChI=1S/C23H27ClN2O5/c1-26(14-15-6-3-2-4-7-15)22-18(25-20(27)10-11-21(28)29)13-19(23(22)30)31-17-9-5-8-16(24)12-17/h2-9,12,18-19,22-23,30H,10-11,13-14H2,1H3,(H,25,27)(H,28,29)/t18-,19-,22+,23+/m1/s1. The summed E-state index contributed by atoms with van der Waals surface area (Å²) in [7, 11) is 1.89. The van der Waals surface area contributed by atoms with Crippen LogP contribution in [0.2, 0.25) is 5.02 Å². The van der Waals surface area contributed by atoms with E-state index < -0.39 is 30.3 Å². The first-order chi connectivity index (χ1) is 14.8. The highest BCUT2D eigenvalue weighted by Crippen LogP contribution is 2.30. The summed E-state index contributed by atoms with van der Waals surface area (Å²) >= 11 is 6.04. The Bertz CT molecular complexity index is 895. The molecule has 3 rings (SSSR count). The quantitative estimate of drug-likeness (QED) is 0.547. The minimum atomic E-state index is -1.03. The second-order valence-corrected chi connectivity index (χ2v) is 8.24. The fourth-order valence-electron chi connectivity index (χ4n) is 4.01. The van der Waals surface area contributed by atoms with Crippen LogP contribution in [-0.4, -0.2) is 58.3 Å². The van der Waals surface area contributed by atoms with E-state index in [1.165, 1.54) is 0 Å². The number of carbonyl (C=O) groups is 2. The summed E-state index contributed by atoms with van der Waals surface area (Å²) in [6, 6.07) is 16.0. The van der Waals surface area contributed by atoms with Crippen molar-refractivity contribution in [1.82, 2.24) is 10.2 Å². The van der Waals surface area contributed by atoms with Crippen LogP contribution in [0, 0.1) is 0 Å². The molecule has 2 aromatic carbocycles. The lowest BCUT2D eigenvalue weighted by Gasteiger charge is -2.32. The molecular formula is C23H27ClN2O5. The molecule has 1 amide bonds. The number of carboxylic acid groups (broad SMARTS) is 1. The van der Waals surface area contributed by atoms with E-state index in [1.807, 2.05) is 42.3 Å². The molecular weight excluding hydrogens is 420 g/mol. The van der Waals surface area contributed by atoms with Crippen molar-refractivity contribution in [3.8, 4) is 5.75 Å². The average Bonchev–Trinajstić information content (AvgIpc) is 3.02. The van der Waals surface area contributed by atoms with Crippen LogP contribution in [-0.2, 0) is 16.1 Å². The Hall–Kier alpha value is -2.61. The van der Waals surface area contributed by atoms with Crippen LogP contribution in [0.15, 0.2) is 54.6 Å². The Morgan fingerprint density at radius 2 is 1.90 bits per heavy atom. The molecule has 0 aromatic heterocycles. The number of nitrogens with one attached hydrogen (secondary N) is 1. The van der Waals surface area contributed by atoms with Crippen LogP contribution in [0.25, 0.3) is 0 Å². The third-order valence-electron chi connectivity index (χ3n) is 5.41. The number of carboxylic acids is 1. The molecule has 2 aromatic rings. The Morgan fingerprint density at radius 1 is 1.16 bits per heavy atom. The molecule has 0 unspecified atom stereocenters. The van der Waals surface area contributed by atoms with E-state index in [9.17, 15) is 14.7 Å². The summed E-state index contributed by atoms with van der Waals surface area (Å²) in [6.07, 6.45) is -1.38. The zero-order chi connectivity index (χ0) is 22.4. The minimum Gasteiger partial charge on any atom is -0.488 e. The molecule has 4 atom stereocenters. The third-order valence-corrected chi connectivity index (χ3v) is 5.64. The van der Waals surface area contributed by atoms with Gasteiger partial charge in [-0.05, 0) is 30.8 Å². The van der Waals surface area contributed by atoms with Crippen LogP contribution >= 0.6 is 11.6 Å². The summed E-state index contributed by atoms with van der Waals surface area (Å²) in [5, 5.41) is 23.4. The molecule has 3 N–H and O–H groups in total. The average molecular weight is 447 g/mol. The second-order valence-electron chi connectivity index (χ2n) is 7.80. The molecule has 1 fully saturated rings. The summed E-state index contributed by atoms with van der Waals surface area (Å²) in [6.45, 7) is 0.577. The van der Waals surface area contributed by atoms with Crippen LogP contribution in [0.4, 0.5) is 0 Å². The van der Waals surface area contributed by atoms with Gasteiger partial charge in [0.15, 0.2) is 0 Å². The molecule has 1 aliphatic carbocycles. The Balaban J connectivity index is 1.75. The zero-order valence-corrected chi connectivity index (χ0v) is 18.0. The predicted octanol–water partition coefficient (Wildman–Crippen LogP) is 2.70. The maximum atomic E-state index is 12.3. The highest BCUT2D eigenvalue weighted by Gasteiger charge is 2.46. The van der Waals surface area contributed by atoms with Gasteiger partial charge in [0.1, 0.15) is 18.0 Å². The number of amides is 1. The van der Waals surface area contributed by atoms with E-state index in [4.69, 9.17) is 21.4 Å². The number of hydrogen-bond donors (Lipinski definition) is 3. The van der Waals surface area contributed by atoms with Crippen molar-refractivity contribution in [3.63, 3.8) is 0 Å². The van der Waals surface area contributed by atoms with Gasteiger partial charge in [-0.15, -0.1) is 0 Å². The number of likely N-dealkylation sites (N-methyl/N-ethyl adjacent to an activating group) is 1. The largest absolute Gasteiger partial charge is 0.488 e. The van der Waals surface area contributed by atoms with Gasteiger partial charge in [0.25, 0.3) is 0 Å². The van der Waals surface area contributed by atoms with Gasteiger partial charge in [0.05, 0.1) is 18.5 Å². The lowest BCUT2D eigenvalue weighted by molar-refractivity contribution is -0.139. The maximum absolute atomic E-state index is 12.3. The number of benzene rings is 2. The predicted molar refractivity (Wildman–Crippen MR) is 117 cm³/mol. The molecule has 0 heterocycles. The van der Waals surface area contributed by atoms with Gasteiger partial charge in [-0.1, -0.05) is 48.0 Å². The van der Waals surface area contributed by atoms with Gasteiger partial charge >= 0.3 is 5.97 Å². The number of halogens is 1. The fraction of sp³-hybridized carbons (Fsp3) is 0.391. The summed E-state index contributed by atoms with van der Waals surface area (Å²) in [5.74, 6) is -0.846. The molecule has 0 saturated heterocycles. The Morgan fingerprint density at radius 3 is 2.58 bits per heavy atom. The van der Waals surface area contributed by atoms with Crippen molar-refractivity contribution in [2.24, 2.45) is 0 Å². The zero-order valence-electron chi connectivity index (χ0n) is 17.3. The number of nitrogens with zero attached hydrogens (tertiary/aromatic N) is 1. The van der Waals surface area contributed by atoms with Crippen molar-refractivity contribution in [1.29, 1.82) is 0 Å². The molecule has 1 aliphatic rings. The first-order valence-corrected chi connectivity index (χ1v) is 10.6. The lowest BCUT2D eigenvalue weighted by Crippen LogP contribution is -2.51. The minimum absolute atomic E-state index is 0.114. The van der Waals surface area contributed by atoms with Gasteiger partial charge in [0, 0.05) is 24.4 Å². The van der Waals surface area contributed by atoms with Gasteiger partial charge in [-0.25, -0.2) is 0 Å². The Labute approximate surface area is 186 Å². The highest BCUT2D eigenvalue weighted by atomic mass is 35.5. The number of hydrogen-bond acceptors (Lipinski definition) is 5. The topological polar surface area (TPSA) is 99.1 Å². The number of aliphatic hydroxyl groups is 1. The highest BCUT2D eigenvalue weighted by molar-refractivity contribution is 6.30. The van der Waals surface area contributed by atoms with Gasteiger partial charge in [-0.3, -0.25) is 14.5 Å². The molecule has 0 bridgehead atoms. The maximum Gasteiger partial charge on any atom is 0.303 e. The number of carbonyl (C=O) groups excluding carboxylic acids is 1. The van der Waals surface area contributed by atoms with Crippen molar-refractivity contribution < 1.29 is 24.5 Å². The molecule has 166 valence electrons. The van der Waals surface area contributed by atoms with E-state index in [2.05, 4.69) is 5.32 Å². The SMILES string of the molecule is CN(Cc1ccccc1)[C@@H]1[C@@H](O)[C@H](Oc2cccc(Cl)c2)C[C@H]1NC(=O)CCC(=O)O. The summed E-state index contributed by atoms with van der Waals surface area (Å²) < 4.78 is 6.00. The van der Waals surface area contributed by atoms with Crippen LogP contribution in [0.3, 0.4) is 0 Å². The second kappa shape index (κ2) is 10.6. The number of aliphatic hydroxyl groups excluding tert-OH is 1. The van der Waals surface area contributed by atoms with Gasteiger partial charge < -0.3 is 20.3 Å². The Kier molecular flexibility index (Phi) is 7.90. The lowest BCUT2D eigenvalue weighted by atomic mass is 10.1. The number of aliphatic carboxylic acids is 1. The van der Waals surface area contributed by atoms with Crippen LogP contribution < -0.4 is 10.1 Å². The van der Waals surface area contributed by atoms with Crippen LogP contribution in [0.1, 0.15) is 24.8 Å². The van der Waals surface area contributed by atoms with Gasteiger partial charge in [0.2, 0.25) is 5.91 Å². The fourth-order valence-corrected chi connectivity index (χ4v) is 4.19. The molecule has 0 aliphatic heterocycles. The molecule has 31 heavy (non-hydrogen) atoms. The van der Waals surface area contributed by atoms with Crippen molar-refractivity contribution in [3.05, 3.63) is 65.2 Å². The molecule has 8 heteroatoms. The third kappa shape index (κ3) is 6.43. The normalized spacial score (nSPS) is 23.0. The first-order valence-electron chi connectivity index (χ1n) is 10.2. The van der Waals surface area contributed by atoms with Crippen LogP contribution in [0.5, 0.6) is 5.75 Å². The smallest absolute Gasteiger partial charge is 0.303 e. The van der Waals surface area contributed by atoms with Crippen molar-refractivity contribution >= 4 is 23.5 Å². The number of rotatable bonds is 9. The molecule has 0 spiro atoms. The van der Waals surface area contributed by atoms with Gasteiger partial charge in [-0.2, -0.15) is 0 Å². The molecule has 0 radical (unpaired) electrons. The van der Waals surface area contributed by atoms with Crippen molar-refractivity contribution in [2.45, 2.75) is 50.1 Å².